The number of benzene rings is 2. The normalized spacial score (nSPS) is 21.9. The van der Waals surface area contributed by atoms with E-state index in [0.717, 1.165) is 12.8 Å². The molecule has 4 rings (SSSR count). The molecule has 1 aliphatic heterocycles. The zero-order chi connectivity index (χ0) is 25.9. The summed E-state index contributed by atoms with van der Waals surface area (Å²) < 4.78 is 47.1. The van der Waals surface area contributed by atoms with Crippen molar-refractivity contribution < 1.29 is 27.4 Å². The van der Waals surface area contributed by atoms with Crippen LogP contribution >= 0.6 is 11.6 Å². The molecule has 10 heteroatoms. The van der Waals surface area contributed by atoms with Crippen molar-refractivity contribution in [3.05, 3.63) is 47.0 Å². The fraction of sp³-hybridized carbons (Fsp3) is 0.500. The van der Waals surface area contributed by atoms with Gasteiger partial charge in [-0.2, -0.15) is 4.31 Å². The summed E-state index contributed by atoms with van der Waals surface area (Å²) in [4.78, 5) is 14.7. The molecule has 2 aromatic rings. The number of para-hydroxylation sites is 1. The van der Waals surface area contributed by atoms with Gasteiger partial charge >= 0.3 is 0 Å². The van der Waals surface area contributed by atoms with E-state index >= 15 is 0 Å². The predicted octanol–water partition coefficient (Wildman–Crippen LogP) is 4.60. The van der Waals surface area contributed by atoms with Gasteiger partial charge in [0.1, 0.15) is 28.2 Å². The Bertz CT molecular complexity index is 1200. The van der Waals surface area contributed by atoms with Crippen LogP contribution in [0.4, 0.5) is 0 Å². The molecule has 0 radical (unpaired) electrons. The van der Waals surface area contributed by atoms with Crippen molar-refractivity contribution in [2.75, 3.05) is 34.4 Å². The summed E-state index contributed by atoms with van der Waals surface area (Å²) in [6, 6.07) is 9.68. The molecule has 1 amide bonds. The zero-order valence-electron chi connectivity index (χ0n) is 20.9. The van der Waals surface area contributed by atoms with Gasteiger partial charge < -0.3 is 19.1 Å². The maximum absolute atomic E-state index is 14.2. The van der Waals surface area contributed by atoms with Gasteiger partial charge in [-0.25, -0.2) is 8.42 Å². The highest BCUT2D eigenvalue weighted by atomic mass is 35.5. The van der Waals surface area contributed by atoms with Crippen LogP contribution in [0.1, 0.15) is 48.9 Å². The number of sulfonamides is 1. The highest BCUT2D eigenvalue weighted by molar-refractivity contribution is 7.89. The minimum atomic E-state index is -4.01. The highest BCUT2D eigenvalue weighted by Crippen LogP contribution is 2.39. The van der Waals surface area contributed by atoms with Crippen LogP contribution in [-0.4, -0.2) is 70.0 Å². The van der Waals surface area contributed by atoms with Gasteiger partial charge in [-0.05, 0) is 50.3 Å². The Morgan fingerprint density at radius 2 is 1.67 bits per heavy atom. The first-order chi connectivity index (χ1) is 17.3. The lowest BCUT2D eigenvalue weighted by Crippen LogP contribution is -2.51. The Morgan fingerprint density at radius 3 is 2.42 bits per heavy atom. The number of carbonyl (C=O) groups is 1. The van der Waals surface area contributed by atoms with Crippen LogP contribution in [0.3, 0.4) is 0 Å². The third kappa shape index (κ3) is 5.28. The predicted molar refractivity (Wildman–Crippen MR) is 138 cm³/mol. The quantitative estimate of drug-likeness (QED) is 0.567. The molecule has 0 saturated heterocycles. The van der Waals surface area contributed by atoms with Crippen LogP contribution in [-0.2, 0) is 10.0 Å². The van der Waals surface area contributed by atoms with E-state index in [1.54, 1.807) is 28.4 Å². The Balaban J connectivity index is 1.79. The molecule has 0 unspecified atom stereocenters. The molecule has 196 valence electrons. The molecule has 0 spiro atoms. The van der Waals surface area contributed by atoms with Crippen LogP contribution in [0.25, 0.3) is 0 Å². The number of halogens is 1. The molecule has 36 heavy (non-hydrogen) atoms. The number of hydrogen-bond acceptors (Lipinski definition) is 6. The third-order valence-electron chi connectivity index (χ3n) is 6.93. The second-order valence-electron chi connectivity index (χ2n) is 9.19. The molecule has 1 heterocycles. The Labute approximate surface area is 218 Å². The zero-order valence-corrected chi connectivity index (χ0v) is 22.5. The van der Waals surface area contributed by atoms with Gasteiger partial charge in [0.2, 0.25) is 10.0 Å². The van der Waals surface area contributed by atoms with Gasteiger partial charge in [0.15, 0.2) is 0 Å². The van der Waals surface area contributed by atoms with E-state index in [4.69, 9.17) is 25.8 Å². The van der Waals surface area contributed by atoms with Crippen LogP contribution in [0, 0.1) is 0 Å². The number of nitrogens with zero attached hydrogens (tertiary/aromatic N) is 2. The Morgan fingerprint density at radius 1 is 0.972 bits per heavy atom. The van der Waals surface area contributed by atoms with Gasteiger partial charge in [0.05, 0.1) is 30.8 Å². The second-order valence-corrected chi connectivity index (χ2v) is 11.5. The van der Waals surface area contributed by atoms with Crippen LogP contribution in [0.2, 0.25) is 5.02 Å². The minimum Gasteiger partial charge on any atom is -0.495 e. The molecule has 1 fully saturated rings. The van der Waals surface area contributed by atoms with Gasteiger partial charge in [-0.15, -0.1) is 0 Å². The summed E-state index contributed by atoms with van der Waals surface area (Å²) in [6.45, 7) is 0.802. The SMILES string of the molecule is COc1cc(OC)c(S(=O)(=O)N2CCCCN(C)C(=O)c3ccccc3O[C@H]3CCCC[C@H]32)cc1Cl. The number of hydrogen-bond donors (Lipinski definition) is 0. The largest absolute Gasteiger partial charge is 0.495 e. The second kappa shape index (κ2) is 11.3. The van der Waals surface area contributed by atoms with Crippen LogP contribution < -0.4 is 14.2 Å². The molecule has 2 aromatic carbocycles. The smallest absolute Gasteiger partial charge is 0.257 e. The van der Waals surface area contributed by atoms with E-state index in [-0.39, 0.29) is 21.6 Å². The van der Waals surface area contributed by atoms with Crippen molar-refractivity contribution in [3.8, 4) is 17.2 Å². The number of carbonyl (C=O) groups excluding carboxylic acids is 1. The van der Waals surface area contributed by atoms with Crippen molar-refractivity contribution >= 4 is 27.5 Å². The summed E-state index contributed by atoms with van der Waals surface area (Å²) in [6.07, 6.45) is 4.01. The minimum absolute atomic E-state index is 0.0000800. The molecule has 0 bridgehead atoms. The molecule has 2 atom stereocenters. The van der Waals surface area contributed by atoms with Crippen LogP contribution in [0.15, 0.2) is 41.3 Å². The summed E-state index contributed by atoms with van der Waals surface area (Å²) in [5, 5.41) is 0.191. The summed E-state index contributed by atoms with van der Waals surface area (Å²) in [5.74, 6) is 0.894. The van der Waals surface area contributed by atoms with Gasteiger partial charge in [0.25, 0.3) is 5.91 Å². The summed E-state index contributed by atoms with van der Waals surface area (Å²) >= 11 is 6.35. The lowest BCUT2D eigenvalue weighted by atomic mass is 9.92. The molecule has 8 nitrogen and oxygen atoms in total. The van der Waals surface area contributed by atoms with Gasteiger partial charge in [0, 0.05) is 26.2 Å². The molecule has 2 aliphatic rings. The number of amides is 1. The van der Waals surface area contributed by atoms with E-state index in [9.17, 15) is 13.2 Å². The number of ether oxygens (including phenoxy) is 3. The summed E-state index contributed by atoms with van der Waals surface area (Å²) in [7, 11) is 0.644. The van der Waals surface area contributed by atoms with Crippen molar-refractivity contribution in [1.82, 2.24) is 9.21 Å². The van der Waals surface area contributed by atoms with Gasteiger partial charge in [-0.1, -0.05) is 30.2 Å². The van der Waals surface area contributed by atoms with E-state index in [2.05, 4.69) is 0 Å². The fourth-order valence-electron chi connectivity index (χ4n) is 5.00. The fourth-order valence-corrected chi connectivity index (χ4v) is 7.19. The molecule has 1 saturated carbocycles. The standard InChI is InChI=1S/C26H33ClN2O6S/c1-28-14-8-9-15-29(36(31,32)25-16-19(27)23(33-2)17-24(25)34-3)20-11-5-7-13-22(20)35-21-12-6-4-10-18(21)26(28)30/h4,6,10,12,16-17,20,22H,5,7-9,11,13-15H2,1-3H3/t20-,22+/m1/s1. The average Bonchev–Trinajstić information content (AvgIpc) is 2.88. The topological polar surface area (TPSA) is 85.4 Å². The van der Waals surface area contributed by atoms with E-state index < -0.39 is 22.2 Å². The first-order valence-electron chi connectivity index (χ1n) is 12.2. The monoisotopic (exact) mass is 536 g/mol. The highest BCUT2D eigenvalue weighted by Gasteiger charge is 2.40. The lowest BCUT2D eigenvalue weighted by molar-refractivity contribution is 0.0657. The number of fused-ring (bicyclic) bond motifs is 2. The number of methoxy groups -OCH3 is 2. The van der Waals surface area contributed by atoms with E-state index in [1.807, 2.05) is 12.1 Å². The average molecular weight is 537 g/mol. The molecular formula is C26H33ClN2O6S. The number of rotatable bonds is 4. The van der Waals surface area contributed by atoms with Crippen LogP contribution in [0.5, 0.6) is 17.2 Å². The molecular weight excluding hydrogens is 504 g/mol. The first-order valence-corrected chi connectivity index (χ1v) is 14.0. The molecule has 0 aromatic heterocycles. The third-order valence-corrected chi connectivity index (χ3v) is 9.17. The van der Waals surface area contributed by atoms with Gasteiger partial charge in [-0.3, -0.25) is 4.79 Å². The lowest BCUT2D eigenvalue weighted by Gasteiger charge is -2.40. The Hall–Kier alpha value is -2.49. The molecule has 1 aliphatic carbocycles. The Kier molecular flexibility index (Phi) is 8.32. The first kappa shape index (κ1) is 26.6. The van der Waals surface area contributed by atoms with Crippen molar-refractivity contribution in [3.63, 3.8) is 0 Å². The van der Waals surface area contributed by atoms with Crippen molar-refractivity contribution in [2.45, 2.75) is 55.6 Å². The maximum Gasteiger partial charge on any atom is 0.257 e. The van der Waals surface area contributed by atoms with E-state index in [1.165, 1.54) is 26.4 Å². The van der Waals surface area contributed by atoms with Crippen molar-refractivity contribution in [2.24, 2.45) is 0 Å². The van der Waals surface area contributed by atoms with E-state index in [0.29, 0.717) is 55.8 Å². The maximum atomic E-state index is 14.2. The molecule has 0 N–H and O–H groups in total. The summed E-state index contributed by atoms with van der Waals surface area (Å²) in [5.41, 5.74) is 0.489. The van der Waals surface area contributed by atoms with Crippen molar-refractivity contribution in [1.29, 1.82) is 0 Å².